The normalized spacial score (nSPS) is 12.5. The molecule has 0 atom stereocenters. The molecular weight excluding hydrogens is 841 g/mol. The second-order valence-corrected chi connectivity index (χ2v) is 17.7. The fourth-order valence-corrected chi connectivity index (χ4v) is 11.2. The van der Waals surface area contributed by atoms with Gasteiger partial charge in [0.2, 0.25) is 0 Å². The summed E-state index contributed by atoms with van der Waals surface area (Å²) >= 11 is 0. The highest BCUT2D eigenvalue weighted by Gasteiger charge is 2.46. The van der Waals surface area contributed by atoms with Gasteiger partial charge in [0.25, 0.3) is 0 Å². The molecule has 0 spiro atoms. The number of aromatic hydroxyl groups is 1. The van der Waals surface area contributed by atoms with Crippen LogP contribution in [0.2, 0.25) is 0 Å². The molecule has 0 amide bonds. The van der Waals surface area contributed by atoms with E-state index in [4.69, 9.17) is 4.42 Å². The van der Waals surface area contributed by atoms with Crippen molar-refractivity contribution in [1.29, 1.82) is 0 Å². The maximum Gasteiger partial charge on any atom is 0.159 e. The fraction of sp³-hybridized carbons (Fsp3) is 0.0154. The highest BCUT2D eigenvalue weighted by molar-refractivity contribution is 6.13. The maximum atomic E-state index is 12.1. The molecule has 1 aliphatic rings. The van der Waals surface area contributed by atoms with Gasteiger partial charge < -0.3 is 19.3 Å². The van der Waals surface area contributed by atoms with E-state index < -0.39 is 5.41 Å². The van der Waals surface area contributed by atoms with Gasteiger partial charge in [-0.15, -0.1) is 0 Å². The average Bonchev–Trinajstić information content (AvgIpc) is 3.94. The minimum absolute atomic E-state index is 0.197. The van der Waals surface area contributed by atoms with Crippen LogP contribution in [0.5, 0.6) is 5.75 Å². The summed E-state index contributed by atoms with van der Waals surface area (Å²) in [5.41, 5.74) is 15.7. The van der Waals surface area contributed by atoms with Gasteiger partial charge in [-0.2, -0.15) is 0 Å². The van der Waals surface area contributed by atoms with Crippen LogP contribution in [-0.2, 0) is 5.41 Å². The van der Waals surface area contributed by atoms with Crippen molar-refractivity contribution in [3.8, 4) is 28.0 Å². The van der Waals surface area contributed by atoms with Gasteiger partial charge in [0, 0.05) is 38.8 Å². The Kier molecular flexibility index (Phi) is 9.51. The summed E-state index contributed by atoms with van der Waals surface area (Å²) in [6.07, 6.45) is 0. The van der Waals surface area contributed by atoms with Crippen molar-refractivity contribution in [1.82, 2.24) is 0 Å². The van der Waals surface area contributed by atoms with Gasteiger partial charge in [0.15, 0.2) is 5.58 Å². The van der Waals surface area contributed by atoms with Gasteiger partial charge in [-0.25, -0.2) is 0 Å². The van der Waals surface area contributed by atoms with Crippen LogP contribution in [0.4, 0.5) is 34.1 Å². The molecule has 4 nitrogen and oxygen atoms in total. The molecule has 0 aliphatic heterocycles. The number of nitrogens with zero attached hydrogens (tertiary/aromatic N) is 2. The SMILES string of the molecule is Oc1cccc(N(c2ccccc2)c2ccccc2)c1-c1cccc2c(N(c3ccc4c(c3)C(c3ccccc3)(c3ccccc3)c3ccccc3-4)c3cccc4c3oc3ccccc34)cccc12. The maximum absolute atomic E-state index is 12.1. The number of hydrogen-bond donors (Lipinski definition) is 1. The number of para-hydroxylation sites is 4. The molecule has 1 aromatic heterocycles. The van der Waals surface area contributed by atoms with Crippen molar-refractivity contribution in [2.75, 3.05) is 9.80 Å². The predicted molar refractivity (Wildman–Crippen MR) is 285 cm³/mol. The van der Waals surface area contributed by atoms with Crippen LogP contribution in [0.25, 0.3) is 55.0 Å². The quantitative estimate of drug-likeness (QED) is 0.157. The van der Waals surface area contributed by atoms with Gasteiger partial charge in [-0.1, -0.05) is 194 Å². The lowest BCUT2D eigenvalue weighted by atomic mass is 9.67. The van der Waals surface area contributed by atoms with E-state index in [0.717, 1.165) is 78.0 Å². The van der Waals surface area contributed by atoms with E-state index in [1.807, 2.05) is 30.3 Å². The zero-order valence-electron chi connectivity index (χ0n) is 37.6. The minimum atomic E-state index is -0.599. The van der Waals surface area contributed by atoms with E-state index in [-0.39, 0.29) is 5.75 Å². The molecule has 0 fully saturated rings. The number of phenolic OH excluding ortho intramolecular Hbond substituents is 1. The number of fused-ring (bicyclic) bond motifs is 7. The van der Waals surface area contributed by atoms with E-state index >= 15 is 0 Å². The van der Waals surface area contributed by atoms with Crippen LogP contribution in [-0.4, -0.2) is 5.11 Å². The first-order valence-corrected chi connectivity index (χ1v) is 23.5. The zero-order chi connectivity index (χ0) is 45.9. The molecule has 69 heavy (non-hydrogen) atoms. The summed E-state index contributed by atoms with van der Waals surface area (Å²) in [5, 5.41) is 16.3. The Bertz CT molecular complexity index is 3790. The Morgan fingerprint density at radius 3 is 1.58 bits per heavy atom. The Labute approximate surface area is 400 Å². The highest BCUT2D eigenvalue weighted by Crippen LogP contribution is 2.58. The van der Waals surface area contributed by atoms with Gasteiger partial charge in [0.05, 0.1) is 22.5 Å². The molecule has 0 saturated heterocycles. The lowest BCUT2D eigenvalue weighted by molar-refractivity contribution is 0.477. The van der Waals surface area contributed by atoms with Gasteiger partial charge in [0.1, 0.15) is 11.3 Å². The monoisotopic (exact) mass is 884 g/mol. The molecule has 326 valence electrons. The van der Waals surface area contributed by atoms with E-state index in [9.17, 15) is 5.11 Å². The van der Waals surface area contributed by atoms with E-state index in [1.165, 1.54) is 33.4 Å². The van der Waals surface area contributed by atoms with Gasteiger partial charge >= 0.3 is 0 Å². The molecule has 1 N–H and O–H groups in total. The molecule has 11 aromatic carbocycles. The molecule has 0 radical (unpaired) electrons. The van der Waals surface area contributed by atoms with Crippen molar-refractivity contribution in [2.45, 2.75) is 5.41 Å². The summed E-state index contributed by atoms with van der Waals surface area (Å²) in [7, 11) is 0. The first-order chi connectivity index (χ1) is 34.2. The van der Waals surface area contributed by atoms with Crippen molar-refractivity contribution >= 4 is 66.8 Å². The largest absolute Gasteiger partial charge is 0.507 e. The second-order valence-electron chi connectivity index (χ2n) is 17.7. The third-order valence-electron chi connectivity index (χ3n) is 14.0. The Balaban J connectivity index is 1.09. The van der Waals surface area contributed by atoms with Crippen LogP contribution >= 0.6 is 0 Å². The number of hydrogen-bond acceptors (Lipinski definition) is 4. The average molecular weight is 885 g/mol. The van der Waals surface area contributed by atoms with E-state index in [1.54, 1.807) is 6.07 Å². The first-order valence-electron chi connectivity index (χ1n) is 23.5. The summed E-state index contributed by atoms with van der Waals surface area (Å²) < 4.78 is 6.90. The van der Waals surface area contributed by atoms with Crippen molar-refractivity contribution < 1.29 is 9.52 Å². The summed E-state index contributed by atoms with van der Waals surface area (Å²) in [5.74, 6) is 0.197. The molecule has 4 heteroatoms. The number of furan rings is 1. The standard InChI is InChI=1S/C65H44N2O2/c68-61-39-20-37-59(66(46-25-9-3-10-26-46)47-27-11-4-12-28-47)63(61)54-33-17-32-52-49(54)31-18-36-58(52)67(60-38-19-34-55-53-30-14-16-40-62(53)69-64(55)60)48-41-42-51-50-29-13-15-35-56(50)65(57(51)43-48,44-21-5-1-6-22-44)45-23-7-2-8-24-45/h1-43,68H. The topological polar surface area (TPSA) is 39.9 Å². The summed E-state index contributed by atoms with van der Waals surface area (Å²) in [6, 6.07) is 92.1. The minimum Gasteiger partial charge on any atom is -0.507 e. The second kappa shape index (κ2) is 16.3. The molecule has 0 unspecified atom stereocenters. The van der Waals surface area contributed by atoms with Crippen LogP contribution in [0.1, 0.15) is 22.3 Å². The van der Waals surface area contributed by atoms with Crippen LogP contribution < -0.4 is 9.80 Å². The summed E-state index contributed by atoms with van der Waals surface area (Å²) in [6.45, 7) is 0. The Hall–Kier alpha value is -9.12. The Morgan fingerprint density at radius 1 is 0.333 bits per heavy atom. The smallest absolute Gasteiger partial charge is 0.159 e. The molecule has 12 aromatic rings. The number of phenols is 1. The molecular formula is C65H44N2O2. The summed E-state index contributed by atoms with van der Waals surface area (Å²) in [4.78, 5) is 4.60. The van der Waals surface area contributed by atoms with E-state index in [0.29, 0.717) is 0 Å². The van der Waals surface area contributed by atoms with Gasteiger partial charge in [-0.3, -0.25) is 0 Å². The molecule has 0 saturated carbocycles. The first kappa shape index (κ1) is 40.2. The Morgan fingerprint density at radius 2 is 0.855 bits per heavy atom. The van der Waals surface area contributed by atoms with Gasteiger partial charge in [-0.05, 0) is 111 Å². The molecule has 1 heterocycles. The number of rotatable bonds is 9. The zero-order valence-corrected chi connectivity index (χ0v) is 37.6. The van der Waals surface area contributed by atoms with Crippen molar-refractivity contribution in [3.05, 3.63) is 283 Å². The van der Waals surface area contributed by atoms with Crippen LogP contribution in [0.15, 0.2) is 265 Å². The lowest BCUT2D eigenvalue weighted by Gasteiger charge is -2.35. The molecule has 1 aliphatic carbocycles. The molecule has 0 bridgehead atoms. The van der Waals surface area contributed by atoms with Crippen molar-refractivity contribution in [3.63, 3.8) is 0 Å². The third kappa shape index (κ3) is 6.30. The third-order valence-corrected chi connectivity index (χ3v) is 14.0. The molecule has 13 rings (SSSR count). The van der Waals surface area contributed by atoms with Crippen LogP contribution in [0, 0.1) is 0 Å². The number of benzene rings is 11. The van der Waals surface area contributed by atoms with Crippen molar-refractivity contribution in [2.24, 2.45) is 0 Å². The van der Waals surface area contributed by atoms with E-state index in [2.05, 4.69) is 234 Å². The van der Waals surface area contributed by atoms with Crippen LogP contribution in [0.3, 0.4) is 0 Å². The lowest BCUT2D eigenvalue weighted by Crippen LogP contribution is -2.28. The number of anilines is 6. The highest BCUT2D eigenvalue weighted by atomic mass is 16.3. The predicted octanol–water partition coefficient (Wildman–Crippen LogP) is 17.4. The fourth-order valence-electron chi connectivity index (χ4n) is 11.2.